The smallest absolute Gasteiger partial charge is 0.255 e. The molecule has 1 heterocycles. The molecule has 120 valence electrons. The maximum Gasteiger partial charge on any atom is 0.255 e. The molecule has 0 saturated carbocycles. The van der Waals surface area contributed by atoms with Crippen molar-refractivity contribution in [3.05, 3.63) is 83.0 Å². The van der Waals surface area contributed by atoms with Crippen LogP contribution in [0.3, 0.4) is 0 Å². The predicted molar refractivity (Wildman–Crippen MR) is 91.7 cm³/mol. The highest BCUT2D eigenvalue weighted by Gasteiger charge is 2.05. The summed E-state index contributed by atoms with van der Waals surface area (Å²) in [6.07, 6.45) is 1.71. The molecular formula is C19H15FN2O2. The number of hydrogen-bond acceptors (Lipinski definition) is 2. The average molecular weight is 322 g/mol. The molecule has 0 aliphatic carbocycles. The van der Waals surface area contributed by atoms with Gasteiger partial charge in [0.25, 0.3) is 5.56 Å². The molecule has 1 aromatic heterocycles. The number of halogens is 1. The van der Waals surface area contributed by atoms with E-state index in [4.69, 9.17) is 0 Å². The quantitative estimate of drug-likeness (QED) is 0.801. The van der Waals surface area contributed by atoms with Gasteiger partial charge in [-0.3, -0.25) is 14.2 Å². The number of aromatic nitrogens is 1. The van der Waals surface area contributed by atoms with Crippen LogP contribution < -0.4 is 10.9 Å². The monoisotopic (exact) mass is 322 g/mol. The van der Waals surface area contributed by atoms with Gasteiger partial charge in [0.1, 0.15) is 5.82 Å². The molecule has 0 aliphatic heterocycles. The summed E-state index contributed by atoms with van der Waals surface area (Å²) in [5.41, 5.74) is 2.79. The van der Waals surface area contributed by atoms with Crippen LogP contribution in [-0.2, 0) is 4.79 Å². The zero-order chi connectivity index (χ0) is 17.1. The summed E-state index contributed by atoms with van der Waals surface area (Å²) in [6, 6.07) is 16.2. The Labute approximate surface area is 138 Å². The van der Waals surface area contributed by atoms with E-state index in [1.807, 2.05) is 0 Å². The Morgan fingerprint density at radius 2 is 1.54 bits per heavy atom. The van der Waals surface area contributed by atoms with E-state index < -0.39 is 0 Å². The summed E-state index contributed by atoms with van der Waals surface area (Å²) in [5, 5.41) is 2.68. The van der Waals surface area contributed by atoms with Crippen molar-refractivity contribution < 1.29 is 9.18 Å². The van der Waals surface area contributed by atoms with E-state index in [1.165, 1.54) is 29.7 Å². The third-order valence-electron chi connectivity index (χ3n) is 3.55. The molecule has 0 bridgehead atoms. The van der Waals surface area contributed by atoms with E-state index in [0.717, 1.165) is 11.1 Å². The first-order chi connectivity index (χ1) is 11.5. The van der Waals surface area contributed by atoms with Crippen LogP contribution in [0.2, 0.25) is 0 Å². The van der Waals surface area contributed by atoms with Crippen molar-refractivity contribution in [2.24, 2.45) is 0 Å². The molecule has 3 aromatic rings. The van der Waals surface area contributed by atoms with Gasteiger partial charge in [0.05, 0.1) is 0 Å². The number of hydrogen-bond donors (Lipinski definition) is 1. The Morgan fingerprint density at radius 3 is 2.17 bits per heavy atom. The highest BCUT2D eigenvalue weighted by molar-refractivity contribution is 5.88. The van der Waals surface area contributed by atoms with Crippen molar-refractivity contribution in [1.82, 2.24) is 4.57 Å². The standard InChI is InChI=1S/C19H15FN2O2/c1-13(23)21-17-7-9-18(10-8-17)22-12-15(4-11-19(22)24)14-2-5-16(20)6-3-14/h2-12H,1H3,(H,21,23). The SMILES string of the molecule is CC(=O)Nc1ccc(-n2cc(-c3ccc(F)cc3)ccc2=O)cc1. The minimum Gasteiger partial charge on any atom is -0.326 e. The van der Waals surface area contributed by atoms with Gasteiger partial charge in [0.2, 0.25) is 5.91 Å². The largest absolute Gasteiger partial charge is 0.326 e. The van der Waals surface area contributed by atoms with Crippen molar-refractivity contribution in [3.63, 3.8) is 0 Å². The van der Waals surface area contributed by atoms with Gasteiger partial charge in [0, 0.05) is 30.6 Å². The fourth-order valence-corrected chi connectivity index (χ4v) is 2.41. The summed E-state index contributed by atoms with van der Waals surface area (Å²) >= 11 is 0. The Morgan fingerprint density at radius 1 is 0.917 bits per heavy atom. The molecule has 24 heavy (non-hydrogen) atoms. The fraction of sp³-hybridized carbons (Fsp3) is 0.0526. The van der Waals surface area contributed by atoms with Gasteiger partial charge in [-0.1, -0.05) is 12.1 Å². The molecule has 4 nitrogen and oxygen atoms in total. The highest BCUT2D eigenvalue weighted by Crippen LogP contribution is 2.20. The lowest BCUT2D eigenvalue weighted by Crippen LogP contribution is -2.16. The summed E-state index contributed by atoms with van der Waals surface area (Å²) in [6.45, 7) is 1.44. The Balaban J connectivity index is 1.98. The summed E-state index contributed by atoms with van der Waals surface area (Å²) in [5.74, 6) is -0.459. The lowest BCUT2D eigenvalue weighted by atomic mass is 10.1. The maximum absolute atomic E-state index is 13.1. The fourth-order valence-electron chi connectivity index (χ4n) is 2.41. The number of pyridine rings is 1. The van der Waals surface area contributed by atoms with Crippen LogP contribution in [0, 0.1) is 5.82 Å². The number of carbonyl (C=O) groups excluding carboxylic acids is 1. The molecular weight excluding hydrogens is 307 g/mol. The number of rotatable bonds is 3. The lowest BCUT2D eigenvalue weighted by Gasteiger charge is -2.10. The molecule has 0 spiro atoms. The van der Waals surface area contributed by atoms with Crippen molar-refractivity contribution in [1.29, 1.82) is 0 Å². The second-order valence-electron chi connectivity index (χ2n) is 5.36. The first-order valence-corrected chi connectivity index (χ1v) is 7.39. The van der Waals surface area contributed by atoms with Crippen LogP contribution in [-0.4, -0.2) is 10.5 Å². The minimum absolute atomic E-state index is 0.154. The van der Waals surface area contributed by atoms with Crippen LogP contribution in [0.5, 0.6) is 0 Å². The molecule has 1 amide bonds. The Bertz CT molecular complexity index is 929. The number of benzene rings is 2. The number of anilines is 1. The van der Waals surface area contributed by atoms with E-state index in [2.05, 4.69) is 5.32 Å². The Kier molecular flexibility index (Phi) is 4.24. The van der Waals surface area contributed by atoms with E-state index in [0.29, 0.717) is 11.4 Å². The van der Waals surface area contributed by atoms with Crippen LogP contribution in [0.1, 0.15) is 6.92 Å². The van der Waals surface area contributed by atoms with Crippen LogP contribution >= 0.6 is 0 Å². The molecule has 0 radical (unpaired) electrons. The third kappa shape index (κ3) is 3.41. The molecule has 0 unspecified atom stereocenters. The van der Waals surface area contributed by atoms with Crippen LogP contribution in [0.15, 0.2) is 71.7 Å². The van der Waals surface area contributed by atoms with Crippen molar-refractivity contribution in [2.45, 2.75) is 6.92 Å². The summed E-state index contributed by atoms with van der Waals surface area (Å²) < 4.78 is 14.6. The van der Waals surface area contributed by atoms with Gasteiger partial charge in [0.15, 0.2) is 0 Å². The lowest BCUT2D eigenvalue weighted by molar-refractivity contribution is -0.114. The van der Waals surface area contributed by atoms with E-state index in [1.54, 1.807) is 48.7 Å². The molecule has 3 rings (SSSR count). The maximum atomic E-state index is 13.1. The zero-order valence-electron chi connectivity index (χ0n) is 13.0. The molecule has 0 atom stereocenters. The minimum atomic E-state index is -0.305. The van der Waals surface area contributed by atoms with Gasteiger partial charge >= 0.3 is 0 Å². The highest BCUT2D eigenvalue weighted by atomic mass is 19.1. The van der Waals surface area contributed by atoms with E-state index >= 15 is 0 Å². The molecule has 1 N–H and O–H groups in total. The van der Waals surface area contributed by atoms with Crippen molar-refractivity contribution in [2.75, 3.05) is 5.32 Å². The average Bonchev–Trinajstić information content (AvgIpc) is 2.56. The van der Waals surface area contributed by atoms with Gasteiger partial charge in [-0.2, -0.15) is 0 Å². The zero-order valence-corrected chi connectivity index (χ0v) is 13.0. The third-order valence-corrected chi connectivity index (χ3v) is 3.55. The molecule has 0 fully saturated rings. The van der Waals surface area contributed by atoms with Crippen molar-refractivity contribution >= 4 is 11.6 Å². The molecule has 5 heteroatoms. The number of amides is 1. The summed E-state index contributed by atoms with van der Waals surface area (Å²) in [4.78, 5) is 23.2. The number of nitrogens with zero attached hydrogens (tertiary/aromatic N) is 1. The van der Waals surface area contributed by atoms with Gasteiger partial charge in [-0.25, -0.2) is 4.39 Å². The molecule has 2 aromatic carbocycles. The van der Waals surface area contributed by atoms with Gasteiger partial charge < -0.3 is 5.32 Å². The first-order valence-electron chi connectivity index (χ1n) is 7.39. The normalized spacial score (nSPS) is 10.4. The van der Waals surface area contributed by atoms with Gasteiger partial charge in [-0.05, 0) is 53.6 Å². The van der Waals surface area contributed by atoms with E-state index in [9.17, 15) is 14.0 Å². The molecule has 0 saturated heterocycles. The Hall–Kier alpha value is -3.21. The van der Waals surface area contributed by atoms with Crippen LogP contribution in [0.4, 0.5) is 10.1 Å². The number of carbonyl (C=O) groups is 1. The first kappa shape index (κ1) is 15.7. The predicted octanol–water partition coefficient (Wildman–Crippen LogP) is 3.60. The molecule has 0 aliphatic rings. The second kappa shape index (κ2) is 6.50. The topological polar surface area (TPSA) is 51.1 Å². The summed E-state index contributed by atoms with van der Waals surface area (Å²) in [7, 11) is 0. The van der Waals surface area contributed by atoms with E-state index in [-0.39, 0.29) is 17.3 Å². The second-order valence-corrected chi connectivity index (χ2v) is 5.36. The van der Waals surface area contributed by atoms with Gasteiger partial charge in [-0.15, -0.1) is 0 Å². The van der Waals surface area contributed by atoms with Crippen molar-refractivity contribution in [3.8, 4) is 16.8 Å². The van der Waals surface area contributed by atoms with Crippen LogP contribution in [0.25, 0.3) is 16.8 Å². The number of nitrogens with one attached hydrogen (secondary N) is 1.